The highest BCUT2D eigenvalue weighted by atomic mass is 19.4. The minimum atomic E-state index is -4.44. The van der Waals surface area contributed by atoms with Crippen LogP contribution in [-0.2, 0) is 13.2 Å². The number of nitrogen functional groups attached to an aromatic ring is 1. The van der Waals surface area contributed by atoms with Gasteiger partial charge in [-0.05, 0) is 55.0 Å². The highest BCUT2D eigenvalue weighted by molar-refractivity contribution is 6.04. The molecule has 4 rings (SSSR count). The van der Waals surface area contributed by atoms with Crippen LogP contribution < -0.4 is 11.1 Å². The van der Waals surface area contributed by atoms with Crippen molar-refractivity contribution in [3.63, 3.8) is 0 Å². The molecule has 0 unspecified atom stereocenters. The van der Waals surface area contributed by atoms with Crippen molar-refractivity contribution in [2.45, 2.75) is 13.1 Å². The molecule has 0 aliphatic rings. The van der Waals surface area contributed by atoms with Crippen LogP contribution in [0.4, 0.5) is 24.7 Å². The first-order valence-corrected chi connectivity index (χ1v) is 10.5. The molecule has 176 valence electrons. The average molecular weight is 475 g/mol. The number of halogens is 3. The Labute approximate surface area is 199 Å². The third kappa shape index (κ3) is 5.50. The average Bonchev–Trinajstić information content (AvgIpc) is 3.25. The van der Waals surface area contributed by atoms with E-state index in [-0.39, 0.29) is 11.5 Å². The molecule has 0 spiro atoms. The number of benzene rings is 2. The second-order valence-electron chi connectivity index (χ2n) is 7.87. The van der Waals surface area contributed by atoms with Gasteiger partial charge in [-0.3, -0.25) is 9.48 Å². The van der Waals surface area contributed by atoms with Gasteiger partial charge in [0.15, 0.2) is 0 Å². The van der Waals surface area contributed by atoms with Gasteiger partial charge in [-0.15, -0.1) is 0 Å². The molecular weight excluding hydrogens is 455 g/mol. The molecule has 0 radical (unpaired) electrons. The molecule has 2 aromatic heterocycles. The Hall–Kier alpha value is -4.58. The van der Waals surface area contributed by atoms with Crippen LogP contribution in [0.5, 0.6) is 0 Å². The predicted molar refractivity (Wildman–Crippen MR) is 127 cm³/mol. The Morgan fingerprint density at radius 3 is 2.37 bits per heavy atom. The largest absolute Gasteiger partial charge is 0.416 e. The zero-order valence-corrected chi connectivity index (χ0v) is 18.8. The van der Waals surface area contributed by atoms with E-state index in [1.807, 2.05) is 26.2 Å². The van der Waals surface area contributed by atoms with Crippen molar-refractivity contribution in [1.29, 1.82) is 0 Å². The van der Waals surface area contributed by atoms with Crippen LogP contribution in [0.25, 0.3) is 11.1 Å². The molecule has 4 aromatic rings. The number of nitrogens with two attached hydrogens (primary N) is 1. The fourth-order valence-corrected chi connectivity index (χ4v) is 3.28. The van der Waals surface area contributed by atoms with Gasteiger partial charge in [-0.25, -0.2) is 4.98 Å². The number of anilines is 2. The molecule has 3 N–H and O–H groups in total. The van der Waals surface area contributed by atoms with Crippen LogP contribution in [0.15, 0.2) is 67.1 Å². The minimum Gasteiger partial charge on any atom is -0.383 e. The summed E-state index contributed by atoms with van der Waals surface area (Å²) < 4.78 is 39.9. The summed E-state index contributed by atoms with van der Waals surface area (Å²) in [6, 6.07) is 11.1. The second kappa shape index (κ2) is 9.35. The van der Waals surface area contributed by atoms with E-state index in [1.165, 1.54) is 12.1 Å². The summed E-state index contributed by atoms with van der Waals surface area (Å²) >= 11 is 0. The van der Waals surface area contributed by atoms with E-state index in [4.69, 9.17) is 5.73 Å². The Bertz CT molecular complexity index is 1460. The third-order valence-corrected chi connectivity index (χ3v) is 5.26. The fraction of sp³-hybridized carbons (Fsp3) is 0.115. The van der Waals surface area contributed by atoms with Crippen LogP contribution in [0.2, 0.25) is 0 Å². The summed E-state index contributed by atoms with van der Waals surface area (Å²) in [5.41, 5.74) is 9.47. The fourth-order valence-electron chi connectivity index (χ4n) is 3.28. The van der Waals surface area contributed by atoms with Crippen molar-refractivity contribution in [2.75, 3.05) is 11.1 Å². The molecule has 35 heavy (non-hydrogen) atoms. The maximum atomic E-state index is 12.7. The quantitative estimate of drug-likeness (QED) is 0.407. The monoisotopic (exact) mass is 475 g/mol. The van der Waals surface area contributed by atoms with E-state index in [0.717, 1.165) is 28.8 Å². The Kier molecular flexibility index (Phi) is 6.30. The maximum absolute atomic E-state index is 12.7. The smallest absolute Gasteiger partial charge is 0.383 e. The molecule has 9 heteroatoms. The van der Waals surface area contributed by atoms with Gasteiger partial charge in [0.05, 0.1) is 17.3 Å². The number of nitrogens with zero attached hydrogens (tertiary/aromatic N) is 3. The minimum absolute atomic E-state index is 0.252. The van der Waals surface area contributed by atoms with E-state index < -0.39 is 17.6 Å². The zero-order valence-electron chi connectivity index (χ0n) is 18.8. The lowest BCUT2D eigenvalue weighted by atomic mass is 10.0. The summed E-state index contributed by atoms with van der Waals surface area (Å²) in [5.74, 6) is 5.87. The van der Waals surface area contributed by atoms with Gasteiger partial charge in [0, 0.05) is 47.4 Å². The molecule has 6 nitrogen and oxygen atoms in total. The number of alkyl halides is 3. The number of hydrogen-bond acceptors (Lipinski definition) is 4. The SMILES string of the molecule is Cc1ccc(C(=O)Nc2ccc(C(F)(F)F)cc2)cc1C#Cc1cc(-c2cnn(C)c2)cnc1N. The van der Waals surface area contributed by atoms with Gasteiger partial charge in [-0.1, -0.05) is 17.9 Å². The number of amides is 1. The van der Waals surface area contributed by atoms with Crippen molar-refractivity contribution in [3.8, 4) is 23.0 Å². The standard InChI is InChI=1S/C26H20F3N5O/c1-16-3-4-19(25(35)33-23-9-7-22(8-10-23)26(27,28)29)11-17(16)5-6-18-12-20(13-31-24(18)30)21-14-32-34(2)15-21/h3-4,7-15H,1-2H3,(H2,30,31)(H,33,35). The first kappa shape index (κ1) is 23.6. The van der Waals surface area contributed by atoms with E-state index >= 15 is 0 Å². The van der Waals surface area contributed by atoms with Crippen LogP contribution in [0.3, 0.4) is 0 Å². The van der Waals surface area contributed by atoms with Crippen LogP contribution in [-0.4, -0.2) is 20.7 Å². The topological polar surface area (TPSA) is 85.8 Å². The number of aromatic nitrogens is 3. The van der Waals surface area contributed by atoms with Crippen molar-refractivity contribution >= 4 is 17.4 Å². The van der Waals surface area contributed by atoms with E-state index in [9.17, 15) is 18.0 Å². The Morgan fingerprint density at radius 2 is 1.71 bits per heavy atom. The predicted octanol–water partition coefficient (Wildman–Crippen LogP) is 5.04. The molecule has 2 heterocycles. The summed E-state index contributed by atoms with van der Waals surface area (Å²) in [6.45, 7) is 1.86. The Morgan fingerprint density at radius 1 is 1.00 bits per heavy atom. The summed E-state index contributed by atoms with van der Waals surface area (Å²) in [7, 11) is 1.82. The normalized spacial score (nSPS) is 11.0. The van der Waals surface area contributed by atoms with Crippen LogP contribution >= 0.6 is 0 Å². The Balaban J connectivity index is 1.56. The first-order valence-electron chi connectivity index (χ1n) is 10.5. The van der Waals surface area contributed by atoms with Crippen LogP contribution in [0, 0.1) is 18.8 Å². The van der Waals surface area contributed by atoms with Gasteiger partial charge in [0.25, 0.3) is 5.91 Å². The molecule has 0 fully saturated rings. The van der Waals surface area contributed by atoms with Gasteiger partial charge < -0.3 is 11.1 Å². The van der Waals surface area contributed by atoms with E-state index in [1.54, 1.807) is 35.3 Å². The van der Waals surface area contributed by atoms with E-state index in [0.29, 0.717) is 16.7 Å². The number of nitrogens with one attached hydrogen (secondary N) is 1. The molecule has 0 atom stereocenters. The van der Waals surface area contributed by atoms with Crippen molar-refractivity contribution in [1.82, 2.24) is 14.8 Å². The lowest BCUT2D eigenvalue weighted by Gasteiger charge is -2.09. The summed E-state index contributed by atoms with van der Waals surface area (Å²) in [5, 5.41) is 6.76. The lowest BCUT2D eigenvalue weighted by Crippen LogP contribution is -2.12. The highest BCUT2D eigenvalue weighted by Crippen LogP contribution is 2.30. The molecule has 0 aliphatic heterocycles. The first-order chi connectivity index (χ1) is 16.6. The van der Waals surface area contributed by atoms with Crippen molar-refractivity contribution in [3.05, 3.63) is 94.9 Å². The molecule has 0 saturated carbocycles. The number of carbonyl (C=O) groups is 1. The molecule has 0 bridgehead atoms. The molecule has 0 aliphatic carbocycles. The van der Waals surface area contributed by atoms with Gasteiger partial charge in [0.2, 0.25) is 0 Å². The van der Waals surface area contributed by atoms with E-state index in [2.05, 4.69) is 27.2 Å². The molecule has 0 saturated heterocycles. The van der Waals surface area contributed by atoms with Crippen LogP contribution in [0.1, 0.15) is 32.6 Å². The molecule has 1 amide bonds. The summed E-state index contributed by atoms with van der Waals surface area (Å²) in [4.78, 5) is 16.9. The van der Waals surface area contributed by atoms with Crippen molar-refractivity contribution in [2.24, 2.45) is 7.05 Å². The lowest BCUT2D eigenvalue weighted by molar-refractivity contribution is -0.137. The molecule has 2 aromatic carbocycles. The number of pyridine rings is 1. The van der Waals surface area contributed by atoms with Gasteiger partial charge >= 0.3 is 6.18 Å². The van der Waals surface area contributed by atoms with Gasteiger partial charge in [0.1, 0.15) is 5.82 Å². The maximum Gasteiger partial charge on any atom is 0.416 e. The zero-order chi connectivity index (χ0) is 25.2. The number of hydrogen-bond donors (Lipinski definition) is 2. The number of carbonyl (C=O) groups excluding carboxylic acids is 1. The van der Waals surface area contributed by atoms with Gasteiger partial charge in [-0.2, -0.15) is 18.3 Å². The number of aryl methyl sites for hydroxylation is 2. The highest BCUT2D eigenvalue weighted by Gasteiger charge is 2.30. The second-order valence-corrected chi connectivity index (χ2v) is 7.87. The molecular formula is C26H20F3N5O. The number of rotatable bonds is 3. The van der Waals surface area contributed by atoms with Crippen molar-refractivity contribution < 1.29 is 18.0 Å². The summed E-state index contributed by atoms with van der Waals surface area (Å²) in [6.07, 6.45) is 0.777. The third-order valence-electron chi connectivity index (χ3n) is 5.26.